The van der Waals surface area contributed by atoms with Gasteiger partial charge in [0.25, 0.3) is 0 Å². The van der Waals surface area contributed by atoms with E-state index >= 15 is 0 Å². The lowest BCUT2D eigenvalue weighted by Gasteiger charge is -2.07. The molecule has 20 heavy (non-hydrogen) atoms. The number of aromatic carboxylic acids is 1. The van der Waals surface area contributed by atoms with Crippen molar-refractivity contribution in [3.63, 3.8) is 0 Å². The van der Waals surface area contributed by atoms with Gasteiger partial charge in [-0.3, -0.25) is 4.72 Å². The van der Waals surface area contributed by atoms with Gasteiger partial charge >= 0.3 is 5.97 Å². The summed E-state index contributed by atoms with van der Waals surface area (Å²) in [5.74, 6) is -1.25. The zero-order chi connectivity index (χ0) is 14.9. The number of anilines is 1. The van der Waals surface area contributed by atoms with E-state index in [0.717, 1.165) is 5.56 Å². The van der Waals surface area contributed by atoms with E-state index in [2.05, 4.69) is 9.71 Å². The van der Waals surface area contributed by atoms with Gasteiger partial charge in [-0.1, -0.05) is 18.6 Å². The van der Waals surface area contributed by atoms with Crippen molar-refractivity contribution in [1.29, 1.82) is 0 Å². The highest BCUT2D eigenvalue weighted by molar-refractivity contribution is 7.92. The second kappa shape index (κ2) is 5.16. The van der Waals surface area contributed by atoms with Crippen molar-refractivity contribution >= 4 is 32.6 Å². The molecule has 0 aliphatic carbocycles. The Kier molecular flexibility index (Phi) is 3.71. The van der Waals surface area contributed by atoms with Crippen LogP contribution in [0.25, 0.3) is 10.9 Å². The van der Waals surface area contributed by atoms with Crippen LogP contribution in [-0.2, 0) is 10.0 Å². The molecule has 0 unspecified atom stereocenters. The molecule has 0 aliphatic rings. The lowest BCUT2D eigenvalue weighted by atomic mass is 10.1. The third-order valence-corrected chi connectivity index (χ3v) is 4.36. The van der Waals surface area contributed by atoms with E-state index in [4.69, 9.17) is 0 Å². The number of aromatic nitrogens is 1. The number of hydrogen-bond donors (Lipinski definition) is 3. The first-order valence-electron chi connectivity index (χ1n) is 6.20. The van der Waals surface area contributed by atoms with E-state index in [1.54, 1.807) is 19.1 Å². The molecule has 1 aromatic carbocycles. The van der Waals surface area contributed by atoms with Crippen molar-refractivity contribution in [2.45, 2.75) is 20.3 Å². The Labute approximate surface area is 116 Å². The van der Waals surface area contributed by atoms with Gasteiger partial charge in [-0.15, -0.1) is 0 Å². The second-order valence-electron chi connectivity index (χ2n) is 4.65. The Morgan fingerprint density at radius 2 is 2.10 bits per heavy atom. The van der Waals surface area contributed by atoms with Crippen LogP contribution < -0.4 is 4.72 Å². The molecule has 0 radical (unpaired) electrons. The van der Waals surface area contributed by atoms with Crippen LogP contribution in [0.1, 0.15) is 29.4 Å². The molecular formula is C13H16N2O4S. The van der Waals surface area contributed by atoms with Crippen LogP contribution in [0.3, 0.4) is 0 Å². The molecule has 0 aliphatic heterocycles. The van der Waals surface area contributed by atoms with E-state index in [1.165, 1.54) is 0 Å². The van der Waals surface area contributed by atoms with Crippen LogP contribution in [0.4, 0.5) is 5.69 Å². The minimum Gasteiger partial charge on any atom is -0.477 e. The summed E-state index contributed by atoms with van der Waals surface area (Å²) < 4.78 is 26.1. The highest BCUT2D eigenvalue weighted by atomic mass is 32.2. The van der Waals surface area contributed by atoms with Gasteiger partial charge in [0.15, 0.2) is 0 Å². The highest BCUT2D eigenvalue weighted by Gasteiger charge is 2.21. The van der Waals surface area contributed by atoms with Crippen molar-refractivity contribution in [3.05, 3.63) is 29.5 Å². The van der Waals surface area contributed by atoms with Gasteiger partial charge in [-0.2, -0.15) is 0 Å². The third kappa shape index (κ3) is 2.77. The molecule has 0 spiro atoms. The minimum absolute atomic E-state index is 0.0510. The van der Waals surface area contributed by atoms with Crippen molar-refractivity contribution in [1.82, 2.24) is 4.98 Å². The van der Waals surface area contributed by atoms with Crippen LogP contribution in [-0.4, -0.2) is 30.2 Å². The number of nitrogens with one attached hydrogen (secondary N) is 2. The quantitative estimate of drug-likeness (QED) is 0.788. The zero-order valence-corrected chi connectivity index (χ0v) is 12.0. The fourth-order valence-corrected chi connectivity index (χ4v) is 3.21. The summed E-state index contributed by atoms with van der Waals surface area (Å²) in [7, 11) is -3.55. The Balaban J connectivity index is 2.62. The Hall–Kier alpha value is -2.02. The van der Waals surface area contributed by atoms with Gasteiger partial charge in [0.2, 0.25) is 10.0 Å². The number of hydrogen-bond acceptors (Lipinski definition) is 3. The van der Waals surface area contributed by atoms with Gasteiger partial charge in [0.1, 0.15) is 5.69 Å². The summed E-state index contributed by atoms with van der Waals surface area (Å²) in [6, 6.07) is 5.31. The largest absolute Gasteiger partial charge is 0.477 e. The minimum atomic E-state index is -3.55. The van der Waals surface area contributed by atoms with Crippen molar-refractivity contribution in [2.75, 3.05) is 10.5 Å². The number of rotatable bonds is 5. The summed E-state index contributed by atoms with van der Waals surface area (Å²) in [4.78, 5) is 14.0. The summed E-state index contributed by atoms with van der Waals surface area (Å²) in [6.45, 7) is 3.61. The number of carboxylic acids is 1. The van der Waals surface area contributed by atoms with E-state index in [-0.39, 0.29) is 17.1 Å². The number of carbonyl (C=O) groups is 1. The fourth-order valence-electron chi connectivity index (χ4n) is 2.05. The maximum absolute atomic E-state index is 11.9. The first kappa shape index (κ1) is 14.4. The van der Waals surface area contributed by atoms with E-state index in [9.17, 15) is 18.3 Å². The smallest absolute Gasteiger partial charge is 0.354 e. The first-order valence-corrected chi connectivity index (χ1v) is 7.85. The molecular weight excluding hydrogens is 280 g/mol. The monoisotopic (exact) mass is 296 g/mol. The molecule has 1 aromatic heterocycles. The second-order valence-corrected chi connectivity index (χ2v) is 6.49. The molecule has 2 rings (SSSR count). The van der Waals surface area contributed by atoms with Gasteiger partial charge in [-0.25, -0.2) is 13.2 Å². The average molecular weight is 296 g/mol. The summed E-state index contributed by atoms with van der Waals surface area (Å²) in [6.07, 6.45) is 0.457. The SMILES string of the molecule is CCCS(=O)(=O)Nc1c(C(=O)O)[nH]c2ccc(C)cc12. The molecule has 0 saturated heterocycles. The third-order valence-electron chi connectivity index (χ3n) is 2.90. The van der Waals surface area contributed by atoms with Crippen LogP contribution in [0.2, 0.25) is 0 Å². The van der Waals surface area contributed by atoms with E-state index in [1.807, 2.05) is 13.0 Å². The average Bonchev–Trinajstić information content (AvgIpc) is 2.67. The predicted octanol–water partition coefficient (Wildman–Crippen LogP) is 2.33. The van der Waals surface area contributed by atoms with E-state index in [0.29, 0.717) is 17.3 Å². The van der Waals surface area contributed by atoms with E-state index < -0.39 is 16.0 Å². The van der Waals surface area contributed by atoms with Gasteiger partial charge in [0, 0.05) is 10.9 Å². The lowest BCUT2D eigenvalue weighted by molar-refractivity contribution is 0.0692. The number of sulfonamides is 1. The molecule has 7 heteroatoms. The number of carboxylic acid groups (broad SMARTS) is 1. The number of aromatic amines is 1. The van der Waals surface area contributed by atoms with Crippen LogP contribution in [0, 0.1) is 6.92 Å². The van der Waals surface area contributed by atoms with Crippen LogP contribution >= 0.6 is 0 Å². The molecule has 0 amide bonds. The maximum Gasteiger partial charge on any atom is 0.354 e. The number of benzene rings is 1. The number of fused-ring (bicyclic) bond motifs is 1. The topological polar surface area (TPSA) is 99.3 Å². The molecule has 0 atom stereocenters. The Morgan fingerprint density at radius 3 is 2.70 bits per heavy atom. The fraction of sp³-hybridized carbons (Fsp3) is 0.308. The molecule has 3 N–H and O–H groups in total. The molecule has 0 saturated carbocycles. The maximum atomic E-state index is 11.9. The zero-order valence-electron chi connectivity index (χ0n) is 11.2. The van der Waals surface area contributed by atoms with Crippen LogP contribution in [0.15, 0.2) is 18.2 Å². The standard InChI is InChI=1S/C13H16N2O4S/c1-3-6-20(18,19)15-11-9-7-8(2)4-5-10(9)14-12(11)13(16)17/h4-5,7,14-15H,3,6H2,1-2H3,(H,16,17). The van der Waals surface area contributed by atoms with Gasteiger partial charge in [0.05, 0.1) is 11.4 Å². The van der Waals surface area contributed by atoms with Gasteiger partial charge < -0.3 is 10.1 Å². The summed E-state index contributed by atoms with van der Waals surface area (Å²) >= 11 is 0. The summed E-state index contributed by atoms with van der Waals surface area (Å²) in [5.41, 5.74) is 1.46. The van der Waals surface area contributed by atoms with Crippen LogP contribution in [0.5, 0.6) is 0 Å². The van der Waals surface area contributed by atoms with Crippen molar-refractivity contribution in [2.24, 2.45) is 0 Å². The molecule has 108 valence electrons. The normalized spacial score (nSPS) is 11.7. The molecule has 1 heterocycles. The molecule has 6 nitrogen and oxygen atoms in total. The first-order chi connectivity index (χ1) is 9.34. The summed E-state index contributed by atoms with van der Waals surface area (Å²) in [5, 5.41) is 9.75. The Bertz CT molecular complexity index is 762. The molecule has 0 bridgehead atoms. The predicted molar refractivity (Wildman–Crippen MR) is 77.7 cm³/mol. The number of H-pyrrole nitrogens is 1. The molecule has 0 fully saturated rings. The highest BCUT2D eigenvalue weighted by Crippen LogP contribution is 2.29. The molecule has 2 aromatic rings. The van der Waals surface area contributed by atoms with Gasteiger partial charge in [-0.05, 0) is 25.5 Å². The van der Waals surface area contributed by atoms with Crippen molar-refractivity contribution < 1.29 is 18.3 Å². The lowest BCUT2D eigenvalue weighted by Crippen LogP contribution is -2.17. The number of aryl methyl sites for hydroxylation is 1. The van der Waals surface area contributed by atoms with Crippen molar-refractivity contribution in [3.8, 4) is 0 Å². The Morgan fingerprint density at radius 1 is 1.40 bits per heavy atom.